The second-order valence-corrected chi connectivity index (χ2v) is 7.75. The number of nitrogens with zero attached hydrogens (tertiary/aromatic N) is 1. The third-order valence-corrected chi connectivity index (χ3v) is 4.87. The van der Waals surface area contributed by atoms with E-state index in [1.54, 1.807) is 36.4 Å². The number of hydrogen-bond donors (Lipinski definition) is 1. The highest BCUT2D eigenvalue weighted by Gasteiger charge is 2.18. The maximum Gasteiger partial charge on any atom is 0.221 e. The molecular formula is C16H19ClN2O4S. The van der Waals surface area contributed by atoms with Crippen LogP contribution >= 0.6 is 11.6 Å². The van der Waals surface area contributed by atoms with E-state index in [0.717, 1.165) is 11.8 Å². The van der Waals surface area contributed by atoms with E-state index >= 15 is 0 Å². The fourth-order valence-electron chi connectivity index (χ4n) is 2.07. The van der Waals surface area contributed by atoms with Gasteiger partial charge in [0.15, 0.2) is 0 Å². The second kappa shape index (κ2) is 8.32. The summed E-state index contributed by atoms with van der Waals surface area (Å²) in [4.78, 5) is 11.9. The van der Waals surface area contributed by atoms with E-state index in [4.69, 9.17) is 16.0 Å². The highest BCUT2D eigenvalue weighted by molar-refractivity contribution is 7.88. The molecule has 130 valence electrons. The van der Waals surface area contributed by atoms with E-state index in [9.17, 15) is 13.2 Å². The summed E-state index contributed by atoms with van der Waals surface area (Å²) in [6.07, 6.45) is 2.73. The van der Waals surface area contributed by atoms with Crippen molar-refractivity contribution in [2.45, 2.75) is 19.5 Å². The molecule has 0 saturated heterocycles. The van der Waals surface area contributed by atoms with Gasteiger partial charge < -0.3 is 9.73 Å². The second-order valence-electron chi connectivity index (χ2n) is 5.33. The topological polar surface area (TPSA) is 79.6 Å². The zero-order valence-electron chi connectivity index (χ0n) is 13.2. The Hall–Kier alpha value is -1.83. The average Bonchev–Trinajstić information content (AvgIpc) is 3.03. The van der Waals surface area contributed by atoms with Gasteiger partial charge in [-0.1, -0.05) is 23.7 Å². The molecule has 1 aromatic carbocycles. The van der Waals surface area contributed by atoms with Gasteiger partial charge in [-0.05, 0) is 29.8 Å². The van der Waals surface area contributed by atoms with Crippen molar-refractivity contribution >= 4 is 27.5 Å². The van der Waals surface area contributed by atoms with E-state index in [0.29, 0.717) is 10.8 Å². The van der Waals surface area contributed by atoms with E-state index in [1.807, 2.05) is 0 Å². The Kier molecular flexibility index (Phi) is 6.42. The minimum absolute atomic E-state index is 0.0708. The first kappa shape index (κ1) is 18.5. The molecule has 1 aromatic heterocycles. The van der Waals surface area contributed by atoms with Gasteiger partial charge >= 0.3 is 0 Å². The molecule has 0 saturated carbocycles. The van der Waals surface area contributed by atoms with Crippen LogP contribution in [-0.4, -0.2) is 31.4 Å². The van der Waals surface area contributed by atoms with Crippen LogP contribution in [0.3, 0.4) is 0 Å². The van der Waals surface area contributed by atoms with Crippen LogP contribution < -0.4 is 5.32 Å². The van der Waals surface area contributed by atoms with Crippen LogP contribution in [0.25, 0.3) is 0 Å². The van der Waals surface area contributed by atoms with Gasteiger partial charge in [0.05, 0.1) is 19.1 Å². The predicted molar refractivity (Wildman–Crippen MR) is 91.9 cm³/mol. The molecule has 0 fully saturated rings. The van der Waals surface area contributed by atoms with Gasteiger partial charge in [0.1, 0.15) is 5.76 Å². The van der Waals surface area contributed by atoms with Gasteiger partial charge in [-0.15, -0.1) is 0 Å². The van der Waals surface area contributed by atoms with Crippen LogP contribution in [0.15, 0.2) is 47.1 Å². The fraction of sp³-hybridized carbons (Fsp3) is 0.312. The molecule has 0 bridgehead atoms. The lowest BCUT2D eigenvalue weighted by Crippen LogP contribution is -2.34. The third-order valence-electron chi connectivity index (χ3n) is 3.37. The van der Waals surface area contributed by atoms with Gasteiger partial charge in [-0.2, -0.15) is 4.31 Å². The first-order valence-electron chi connectivity index (χ1n) is 7.33. The molecule has 0 aliphatic heterocycles. The lowest BCUT2D eigenvalue weighted by molar-refractivity contribution is -0.121. The molecule has 1 amide bonds. The zero-order chi connectivity index (χ0) is 17.6. The largest absolute Gasteiger partial charge is 0.467 e. The first-order valence-corrected chi connectivity index (χ1v) is 9.56. The number of nitrogens with one attached hydrogen (secondary N) is 1. The summed E-state index contributed by atoms with van der Waals surface area (Å²) in [5, 5.41) is 3.28. The molecular weight excluding hydrogens is 352 g/mol. The van der Waals surface area contributed by atoms with Crippen LogP contribution in [0.2, 0.25) is 5.02 Å². The molecule has 2 aromatic rings. The first-order chi connectivity index (χ1) is 11.3. The summed E-state index contributed by atoms with van der Waals surface area (Å²) >= 11 is 5.83. The smallest absolute Gasteiger partial charge is 0.221 e. The van der Waals surface area contributed by atoms with Crippen molar-refractivity contribution in [3.8, 4) is 0 Å². The van der Waals surface area contributed by atoms with Gasteiger partial charge in [0.2, 0.25) is 15.9 Å². The number of rotatable bonds is 8. The molecule has 0 atom stereocenters. The summed E-state index contributed by atoms with van der Waals surface area (Å²) < 4.78 is 30.2. The number of halogens is 1. The Balaban J connectivity index is 1.89. The zero-order valence-corrected chi connectivity index (χ0v) is 14.8. The van der Waals surface area contributed by atoms with Gasteiger partial charge in [-0.3, -0.25) is 4.79 Å². The predicted octanol–water partition coefficient (Wildman–Crippen LogP) is 2.40. The molecule has 24 heavy (non-hydrogen) atoms. The van der Waals surface area contributed by atoms with Crippen molar-refractivity contribution in [3.05, 3.63) is 59.0 Å². The Morgan fingerprint density at radius 1 is 1.25 bits per heavy atom. The maximum absolute atomic E-state index is 11.9. The number of hydrogen-bond acceptors (Lipinski definition) is 4. The SMILES string of the molecule is CS(=O)(=O)N(CCC(=O)NCc1ccco1)Cc1ccc(Cl)cc1. The van der Waals surface area contributed by atoms with Crippen LogP contribution in [0, 0.1) is 0 Å². The molecule has 1 heterocycles. The molecule has 0 unspecified atom stereocenters. The summed E-state index contributed by atoms with van der Waals surface area (Å²) in [6.45, 7) is 0.578. The van der Waals surface area contributed by atoms with E-state index < -0.39 is 10.0 Å². The number of carbonyl (C=O) groups is 1. The lowest BCUT2D eigenvalue weighted by atomic mass is 10.2. The standard InChI is InChI=1S/C16H19ClN2O4S/c1-24(21,22)19(12-13-4-6-14(17)7-5-13)9-8-16(20)18-11-15-3-2-10-23-15/h2-7,10H,8-9,11-12H2,1H3,(H,18,20). The molecule has 6 nitrogen and oxygen atoms in total. The van der Waals surface area contributed by atoms with Gasteiger partial charge in [0.25, 0.3) is 0 Å². The number of furan rings is 1. The summed E-state index contributed by atoms with van der Waals surface area (Å²) in [5.41, 5.74) is 0.806. The van der Waals surface area contributed by atoms with Crippen LogP contribution in [0.5, 0.6) is 0 Å². The van der Waals surface area contributed by atoms with Gasteiger partial charge in [0, 0.05) is 24.5 Å². The van der Waals surface area contributed by atoms with Crippen molar-refractivity contribution in [1.82, 2.24) is 9.62 Å². The summed E-state index contributed by atoms with van der Waals surface area (Å²) in [6, 6.07) is 10.4. The molecule has 0 spiro atoms. The van der Waals surface area contributed by atoms with Crippen molar-refractivity contribution in [2.75, 3.05) is 12.8 Å². The van der Waals surface area contributed by atoms with Crippen molar-refractivity contribution in [2.24, 2.45) is 0 Å². The molecule has 0 aliphatic rings. The normalized spacial score (nSPS) is 11.6. The minimum Gasteiger partial charge on any atom is -0.467 e. The highest BCUT2D eigenvalue weighted by atomic mass is 35.5. The Labute approximate surface area is 146 Å². The quantitative estimate of drug-likeness (QED) is 0.773. The number of benzene rings is 1. The van der Waals surface area contributed by atoms with Crippen LogP contribution in [-0.2, 0) is 27.9 Å². The monoisotopic (exact) mass is 370 g/mol. The molecule has 2 rings (SSSR count). The lowest BCUT2D eigenvalue weighted by Gasteiger charge is -2.19. The summed E-state index contributed by atoms with van der Waals surface area (Å²) in [7, 11) is -3.43. The number of sulfonamides is 1. The highest BCUT2D eigenvalue weighted by Crippen LogP contribution is 2.13. The van der Waals surface area contributed by atoms with Crippen molar-refractivity contribution in [1.29, 1.82) is 0 Å². The molecule has 0 aliphatic carbocycles. The Morgan fingerprint density at radius 2 is 1.96 bits per heavy atom. The van der Waals surface area contributed by atoms with Gasteiger partial charge in [-0.25, -0.2) is 8.42 Å². The Morgan fingerprint density at radius 3 is 2.54 bits per heavy atom. The van der Waals surface area contributed by atoms with Crippen LogP contribution in [0.4, 0.5) is 0 Å². The molecule has 0 radical (unpaired) electrons. The van der Waals surface area contributed by atoms with E-state index in [1.165, 1.54) is 10.6 Å². The van der Waals surface area contributed by atoms with Crippen molar-refractivity contribution < 1.29 is 17.6 Å². The van der Waals surface area contributed by atoms with E-state index in [-0.39, 0.29) is 32.0 Å². The average molecular weight is 371 g/mol. The van der Waals surface area contributed by atoms with E-state index in [2.05, 4.69) is 5.32 Å². The number of carbonyl (C=O) groups excluding carboxylic acids is 1. The Bertz CT molecular complexity index is 758. The minimum atomic E-state index is -3.43. The third kappa shape index (κ3) is 5.99. The maximum atomic E-state index is 11.9. The summed E-state index contributed by atoms with van der Waals surface area (Å²) in [5.74, 6) is 0.403. The van der Waals surface area contributed by atoms with Crippen molar-refractivity contribution in [3.63, 3.8) is 0 Å². The number of amides is 1. The van der Waals surface area contributed by atoms with Crippen LogP contribution in [0.1, 0.15) is 17.7 Å². The molecule has 1 N–H and O–H groups in total. The fourth-order valence-corrected chi connectivity index (χ4v) is 3.00. The molecule has 8 heteroatoms.